The van der Waals surface area contributed by atoms with Crippen molar-refractivity contribution in [2.24, 2.45) is 10.2 Å². The summed E-state index contributed by atoms with van der Waals surface area (Å²) in [5, 5.41) is 17.9. The molecular formula is C19H19N3O13S4. The van der Waals surface area contributed by atoms with E-state index in [0.29, 0.717) is 4.31 Å². The first-order valence-corrected chi connectivity index (χ1v) is 16.0. The number of azo groups is 1. The third kappa shape index (κ3) is 7.45. The third-order valence-corrected chi connectivity index (χ3v) is 8.96. The number of phenolic OH excluding ortho intramolecular Hbond substituents is 1. The maximum Gasteiger partial charge on any atom is 0.397 e. The molecule has 0 radical (unpaired) electrons. The lowest BCUT2D eigenvalue weighted by Gasteiger charge is -2.20. The van der Waals surface area contributed by atoms with Crippen molar-refractivity contribution in [2.75, 3.05) is 23.7 Å². The van der Waals surface area contributed by atoms with E-state index in [9.17, 15) is 43.3 Å². The molecule has 0 spiro atoms. The highest BCUT2D eigenvalue weighted by molar-refractivity contribution is 7.92. The molecule has 0 aliphatic carbocycles. The second-order valence-corrected chi connectivity index (χ2v) is 13.7. The van der Waals surface area contributed by atoms with Crippen molar-refractivity contribution in [2.45, 2.75) is 9.79 Å². The van der Waals surface area contributed by atoms with Gasteiger partial charge in [0, 0.05) is 12.4 Å². The smallest absolute Gasteiger partial charge is 0.397 e. The van der Waals surface area contributed by atoms with Gasteiger partial charge in [0.15, 0.2) is 5.75 Å². The third-order valence-electron chi connectivity index (χ3n) is 5.05. The van der Waals surface area contributed by atoms with Crippen LogP contribution in [0, 0.1) is 0 Å². The number of anilines is 1. The summed E-state index contributed by atoms with van der Waals surface area (Å²) in [7, 11) is -17.6. The first-order chi connectivity index (χ1) is 17.8. The molecular weight excluding hydrogens is 606 g/mol. The maximum atomic E-state index is 12.5. The highest BCUT2D eigenvalue weighted by Gasteiger charge is 2.24. The van der Waals surface area contributed by atoms with E-state index >= 15 is 0 Å². The summed E-state index contributed by atoms with van der Waals surface area (Å²) in [4.78, 5) is -1.46. The van der Waals surface area contributed by atoms with E-state index < -0.39 is 74.2 Å². The Labute approximate surface area is 222 Å². The lowest BCUT2D eigenvalue weighted by Crippen LogP contribution is -2.31. The van der Waals surface area contributed by atoms with Crippen LogP contribution in [0.3, 0.4) is 0 Å². The van der Waals surface area contributed by atoms with Crippen molar-refractivity contribution >= 4 is 68.5 Å². The normalized spacial score (nSPS) is 13.2. The van der Waals surface area contributed by atoms with Crippen LogP contribution in [0.25, 0.3) is 10.8 Å². The van der Waals surface area contributed by atoms with Crippen LogP contribution in [0.2, 0.25) is 0 Å². The molecule has 0 fully saturated rings. The quantitative estimate of drug-likeness (QED) is 0.186. The maximum absolute atomic E-state index is 12.5. The van der Waals surface area contributed by atoms with Crippen molar-refractivity contribution in [3.05, 3.63) is 48.5 Å². The molecule has 39 heavy (non-hydrogen) atoms. The minimum absolute atomic E-state index is 0.0488. The van der Waals surface area contributed by atoms with Gasteiger partial charge < -0.3 is 5.11 Å². The molecule has 0 saturated heterocycles. The molecule has 0 aromatic heterocycles. The summed E-state index contributed by atoms with van der Waals surface area (Å²) in [5.74, 6) is -1.64. The first-order valence-electron chi connectivity index (χ1n) is 10.1. The molecule has 3 aromatic rings. The lowest BCUT2D eigenvalue weighted by molar-refractivity contribution is 0.284. The van der Waals surface area contributed by atoms with Crippen LogP contribution in [0.4, 0.5) is 17.1 Å². The highest BCUT2D eigenvalue weighted by atomic mass is 32.3. The zero-order valence-electron chi connectivity index (χ0n) is 19.5. The van der Waals surface area contributed by atoms with Gasteiger partial charge in [-0.1, -0.05) is 6.07 Å². The molecule has 3 rings (SSSR count). The van der Waals surface area contributed by atoms with Gasteiger partial charge in [0.2, 0.25) is 10.0 Å². The zero-order valence-corrected chi connectivity index (χ0v) is 22.7. The molecule has 0 heterocycles. The topological polar surface area (TPSA) is 255 Å². The van der Waals surface area contributed by atoms with Gasteiger partial charge in [0.1, 0.15) is 10.6 Å². The van der Waals surface area contributed by atoms with Gasteiger partial charge in [0.05, 0.1) is 28.6 Å². The fourth-order valence-electron chi connectivity index (χ4n) is 3.18. The molecule has 4 N–H and O–H groups in total. The molecule has 16 nitrogen and oxygen atoms in total. The van der Waals surface area contributed by atoms with Crippen LogP contribution in [-0.2, 0) is 44.8 Å². The Morgan fingerprint density at radius 2 is 1.51 bits per heavy atom. The van der Waals surface area contributed by atoms with Crippen molar-refractivity contribution in [1.82, 2.24) is 0 Å². The number of sulfonamides is 1. The fraction of sp³-hybridized carbons (Fsp3) is 0.158. The molecule has 0 bridgehead atoms. The largest absolute Gasteiger partial charge is 0.505 e. The Balaban J connectivity index is 2.07. The number of hydrogen-bond acceptors (Lipinski definition) is 12. The van der Waals surface area contributed by atoms with Crippen molar-refractivity contribution in [1.29, 1.82) is 0 Å². The summed E-state index contributed by atoms with van der Waals surface area (Å²) < 4.78 is 125. The number of hydrogen-bond donors (Lipinski definition) is 4. The average Bonchev–Trinajstić information content (AvgIpc) is 2.80. The van der Waals surface area contributed by atoms with E-state index in [1.54, 1.807) is 0 Å². The van der Waals surface area contributed by atoms with E-state index in [-0.39, 0.29) is 22.1 Å². The SMILES string of the molecule is CN(c1ccc2c(O)c(N=Nc3cccc(S(=O)(=O)O)c3)c(S(=O)(=O)O)cc2c1)S(=O)(=O)CCOS(=O)(=O)O. The van der Waals surface area contributed by atoms with Crippen LogP contribution in [0.15, 0.2) is 68.6 Å². The number of fused-ring (bicyclic) bond motifs is 1. The summed E-state index contributed by atoms with van der Waals surface area (Å²) >= 11 is 0. The number of rotatable bonds is 10. The van der Waals surface area contributed by atoms with Gasteiger partial charge in [-0.05, 0) is 47.9 Å². The Morgan fingerprint density at radius 3 is 2.10 bits per heavy atom. The van der Waals surface area contributed by atoms with Gasteiger partial charge in [-0.15, -0.1) is 5.11 Å². The van der Waals surface area contributed by atoms with Gasteiger partial charge in [0.25, 0.3) is 20.2 Å². The Hall–Kier alpha value is -3.24. The molecule has 3 aromatic carbocycles. The monoisotopic (exact) mass is 625 g/mol. The molecule has 0 amide bonds. The van der Waals surface area contributed by atoms with Crippen LogP contribution in [0.1, 0.15) is 0 Å². The average molecular weight is 626 g/mol. The van der Waals surface area contributed by atoms with Crippen molar-refractivity contribution in [3.63, 3.8) is 0 Å². The van der Waals surface area contributed by atoms with E-state index in [2.05, 4.69) is 14.4 Å². The van der Waals surface area contributed by atoms with Gasteiger partial charge >= 0.3 is 10.4 Å². The number of phenols is 1. The van der Waals surface area contributed by atoms with Crippen LogP contribution >= 0.6 is 0 Å². The number of aromatic hydroxyl groups is 1. The number of benzene rings is 3. The standard InChI is InChI=1S/C19H19N3O13S4/c1-22(36(24,25)8-7-35-39(32,33)34)14-5-6-16-12(9-14)10-17(38(29,30)31)18(19(16)23)21-20-13-3-2-4-15(11-13)37(26,27)28/h2-6,9-11,23H,7-8H2,1H3,(H,26,27,28)(H,29,30,31)(H,32,33,34). The van der Waals surface area contributed by atoms with Gasteiger partial charge in [-0.2, -0.15) is 30.4 Å². The van der Waals surface area contributed by atoms with Crippen LogP contribution in [0.5, 0.6) is 5.75 Å². The lowest BCUT2D eigenvalue weighted by atomic mass is 10.1. The van der Waals surface area contributed by atoms with Crippen LogP contribution in [-0.4, -0.2) is 71.8 Å². The molecule has 0 aliphatic heterocycles. The first kappa shape index (κ1) is 30.3. The minimum atomic E-state index is -5.05. The number of nitrogens with zero attached hydrogens (tertiary/aromatic N) is 3. The summed E-state index contributed by atoms with van der Waals surface area (Å²) in [6.07, 6.45) is 0. The van der Waals surface area contributed by atoms with Crippen molar-refractivity contribution in [3.8, 4) is 5.75 Å². The zero-order chi connectivity index (χ0) is 29.4. The van der Waals surface area contributed by atoms with E-state index in [1.807, 2.05) is 0 Å². The van der Waals surface area contributed by atoms with Gasteiger partial charge in [-0.25, -0.2) is 12.6 Å². The second kappa shape index (κ2) is 10.7. The predicted octanol–water partition coefficient (Wildman–Crippen LogP) is 2.04. The minimum Gasteiger partial charge on any atom is -0.505 e. The predicted molar refractivity (Wildman–Crippen MR) is 136 cm³/mol. The van der Waals surface area contributed by atoms with Crippen LogP contribution < -0.4 is 4.31 Å². The van der Waals surface area contributed by atoms with E-state index in [4.69, 9.17) is 9.11 Å². The Morgan fingerprint density at radius 1 is 0.846 bits per heavy atom. The van der Waals surface area contributed by atoms with E-state index in [0.717, 1.165) is 31.3 Å². The van der Waals surface area contributed by atoms with Crippen molar-refractivity contribution < 1.29 is 56.6 Å². The summed E-state index contributed by atoms with van der Waals surface area (Å²) in [6.45, 7) is -0.895. The summed E-state index contributed by atoms with van der Waals surface area (Å²) in [6, 6.07) is 8.87. The molecule has 0 atom stereocenters. The fourth-order valence-corrected chi connectivity index (χ4v) is 5.76. The Kier molecular flexibility index (Phi) is 8.34. The molecule has 0 aliphatic rings. The molecule has 20 heteroatoms. The summed E-state index contributed by atoms with van der Waals surface area (Å²) in [5.41, 5.74) is -0.948. The Bertz CT molecular complexity index is 1910. The van der Waals surface area contributed by atoms with E-state index in [1.165, 1.54) is 24.3 Å². The second-order valence-electron chi connectivity index (χ2n) is 7.66. The molecule has 0 saturated carbocycles. The molecule has 212 valence electrons. The molecule has 0 unspecified atom stereocenters. The van der Waals surface area contributed by atoms with Gasteiger partial charge in [-0.3, -0.25) is 18.0 Å². The highest BCUT2D eigenvalue weighted by Crippen LogP contribution is 2.42.